The Labute approximate surface area is 375 Å². The summed E-state index contributed by atoms with van der Waals surface area (Å²) in [6, 6.07) is -1.10. The Balaban J connectivity index is 4.36. The number of unbranched alkanes of at least 4 members (excludes halogenated alkanes) is 17. The SMILES string of the molecule is CC/C=C\C/C=C\C/C=C\C/C=C\CCCCCCCCCCCCCCC(=O)NC(COP(=O)([O-])OCC[N+](C)(C)C)C(O)C(O)CCC/C=C/CC/C=C/CCCCC. The van der Waals surface area contributed by atoms with Crippen molar-refractivity contribution < 1.29 is 38.0 Å². The molecule has 9 nitrogen and oxygen atoms in total. The molecule has 354 valence electrons. The first-order valence-corrected chi connectivity index (χ1v) is 25.8. The molecule has 3 N–H and O–H groups in total. The van der Waals surface area contributed by atoms with Gasteiger partial charge >= 0.3 is 0 Å². The second-order valence-electron chi connectivity index (χ2n) is 17.6. The van der Waals surface area contributed by atoms with E-state index >= 15 is 0 Å². The van der Waals surface area contributed by atoms with Gasteiger partial charge in [-0.3, -0.25) is 9.36 Å². The standard InChI is InChI=1S/C51H93N2O7P/c1-6-8-10-12-14-16-18-20-21-22-23-24-25-26-27-28-29-30-31-32-34-36-38-40-42-44-50(55)52-48(47-60-61(57,58)59-46-45-53(3,4)5)51(56)49(54)43-41-39-37-35-33-19-17-15-13-11-9-7-2/h8,10,14-17,20-21,23-24,35,37,48-49,51,54,56H,6-7,9,11-13,18-19,22,25-34,36,38-47H2,1-5H3,(H-,52,55,57,58)/b10-8-,16-14-,17-15+,21-20-,24-23-,37-35+. The third-order valence-electron chi connectivity index (χ3n) is 10.5. The predicted molar refractivity (Wildman–Crippen MR) is 257 cm³/mol. The van der Waals surface area contributed by atoms with Gasteiger partial charge in [0.1, 0.15) is 19.3 Å². The number of aliphatic hydroxyl groups excluding tert-OH is 2. The van der Waals surface area contributed by atoms with Crippen molar-refractivity contribution >= 4 is 13.7 Å². The molecule has 1 amide bonds. The number of phosphoric ester groups is 1. The summed E-state index contributed by atoms with van der Waals surface area (Å²) in [4.78, 5) is 25.4. The molecule has 0 aromatic heterocycles. The zero-order chi connectivity index (χ0) is 45.1. The van der Waals surface area contributed by atoms with Crippen molar-refractivity contribution in [2.24, 2.45) is 0 Å². The van der Waals surface area contributed by atoms with Crippen molar-refractivity contribution in [3.8, 4) is 0 Å². The van der Waals surface area contributed by atoms with Gasteiger partial charge in [0.15, 0.2) is 0 Å². The summed E-state index contributed by atoms with van der Waals surface area (Å²) < 4.78 is 23.1. The Kier molecular flexibility index (Phi) is 40.4. The maximum Gasteiger partial charge on any atom is 0.268 e. The minimum Gasteiger partial charge on any atom is -0.756 e. The van der Waals surface area contributed by atoms with Crippen molar-refractivity contribution in [2.45, 2.75) is 205 Å². The molecule has 0 heterocycles. The van der Waals surface area contributed by atoms with Gasteiger partial charge in [0.25, 0.3) is 7.82 Å². The lowest BCUT2D eigenvalue weighted by Crippen LogP contribution is -2.51. The van der Waals surface area contributed by atoms with Crippen molar-refractivity contribution in [1.82, 2.24) is 5.32 Å². The Morgan fingerprint density at radius 2 is 1.05 bits per heavy atom. The van der Waals surface area contributed by atoms with Crippen LogP contribution in [-0.2, 0) is 18.4 Å². The lowest BCUT2D eigenvalue weighted by molar-refractivity contribution is -0.870. The Morgan fingerprint density at radius 3 is 1.57 bits per heavy atom. The van der Waals surface area contributed by atoms with Gasteiger partial charge in [-0.25, -0.2) is 0 Å². The molecular weight excluding hydrogens is 784 g/mol. The van der Waals surface area contributed by atoms with E-state index in [4.69, 9.17) is 9.05 Å². The molecule has 4 atom stereocenters. The van der Waals surface area contributed by atoms with Crippen molar-refractivity contribution in [3.63, 3.8) is 0 Å². The van der Waals surface area contributed by atoms with Gasteiger partial charge in [-0.2, -0.15) is 0 Å². The number of amides is 1. The zero-order valence-electron chi connectivity index (χ0n) is 39.7. The number of carbonyl (C=O) groups is 1. The number of likely N-dealkylation sites (N-methyl/N-ethyl adjacent to an activating group) is 1. The fourth-order valence-electron chi connectivity index (χ4n) is 6.61. The van der Waals surface area contributed by atoms with Crippen LogP contribution < -0.4 is 10.2 Å². The molecule has 4 unspecified atom stereocenters. The highest BCUT2D eigenvalue weighted by Gasteiger charge is 2.29. The molecule has 0 aliphatic heterocycles. The highest BCUT2D eigenvalue weighted by molar-refractivity contribution is 7.45. The van der Waals surface area contributed by atoms with Crippen LogP contribution in [0.15, 0.2) is 72.9 Å². The third-order valence-corrected chi connectivity index (χ3v) is 11.5. The van der Waals surface area contributed by atoms with Crippen molar-refractivity contribution in [2.75, 3.05) is 40.9 Å². The molecule has 0 aromatic carbocycles. The number of nitrogens with zero attached hydrogens (tertiary/aromatic N) is 1. The quantitative estimate of drug-likeness (QED) is 0.0241. The molecule has 0 rings (SSSR count). The van der Waals surface area contributed by atoms with E-state index in [-0.39, 0.29) is 18.9 Å². The number of phosphoric acid groups is 1. The molecule has 0 saturated heterocycles. The van der Waals surface area contributed by atoms with Crippen LogP contribution in [0.2, 0.25) is 0 Å². The molecule has 0 spiro atoms. The topological polar surface area (TPSA) is 128 Å². The van der Waals surface area contributed by atoms with Gasteiger partial charge in [0, 0.05) is 6.42 Å². The Morgan fingerprint density at radius 1 is 0.607 bits per heavy atom. The summed E-state index contributed by atoms with van der Waals surface area (Å²) >= 11 is 0. The molecule has 0 fully saturated rings. The number of hydrogen-bond acceptors (Lipinski definition) is 7. The van der Waals surface area contributed by atoms with Gasteiger partial charge in [-0.1, -0.05) is 164 Å². The van der Waals surface area contributed by atoms with Gasteiger partial charge in [0.2, 0.25) is 5.91 Å². The van der Waals surface area contributed by atoms with E-state index in [1.165, 1.54) is 77.0 Å². The second-order valence-corrected chi connectivity index (χ2v) is 19.0. The van der Waals surface area contributed by atoms with Crippen LogP contribution in [0.25, 0.3) is 0 Å². The van der Waals surface area contributed by atoms with Gasteiger partial charge < -0.3 is 34.0 Å². The maximum atomic E-state index is 12.9. The second kappa shape index (κ2) is 41.9. The highest BCUT2D eigenvalue weighted by Crippen LogP contribution is 2.38. The number of aliphatic hydroxyl groups is 2. The number of rotatable bonds is 43. The number of nitrogens with one attached hydrogen (secondary N) is 1. The first-order valence-electron chi connectivity index (χ1n) is 24.4. The highest BCUT2D eigenvalue weighted by atomic mass is 31.2. The van der Waals surface area contributed by atoms with Gasteiger partial charge in [-0.05, 0) is 89.9 Å². The number of allylic oxidation sites excluding steroid dienone is 12. The molecule has 0 saturated carbocycles. The fourth-order valence-corrected chi connectivity index (χ4v) is 7.34. The summed E-state index contributed by atoms with van der Waals surface area (Å²) in [6.07, 6.45) is 52.4. The van der Waals surface area contributed by atoms with E-state index in [1.807, 2.05) is 21.1 Å². The lowest BCUT2D eigenvalue weighted by atomic mass is 10.0. The Hall–Kier alpha value is -2.10. The summed E-state index contributed by atoms with van der Waals surface area (Å²) in [5.74, 6) is -0.299. The largest absolute Gasteiger partial charge is 0.756 e. The van der Waals surface area contributed by atoms with Crippen molar-refractivity contribution in [1.29, 1.82) is 0 Å². The summed E-state index contributed by atoms with van der Waals surface area (Å²) in [5, 5.41) is 24.6. The summed E-state index contributed by atoms with van der Waals surface area (Å²) in [5.41, 5.74) is 0. The van der Waals surface area contributed by atoms with E-state index in [0.717, 1.165) is 70.6 Å². The Bertz CT molecular complexity index is 1240. The molecule has 0 aliphatic rings. The van der Waals surface area contributed by atoms with Crippen LogP contribution in [0.3, 0.4) is 0 Å². The monoisotopic (exact) mass is 877 g/mol. The van der Waals surface area contributed by atoms with E-state index < -0.39 is 32.7 Å². The molecule has 0 aliphatic carbocycles. The van der Waals surface area contributed by atoms with E-state index in [0.29, 0.717) is 30.3 Å². The first kappa shape index (κ1) is 58.9. The van der Waals surface area contributed by atoms with E-state index in [9.17, 15) is 24.5 Å². The summed E-state index contributed by atoms with van der Waals surface area (Å²) in [7, 11) is 1.09. The summed E-state index contributed by atoms with van der Waals surface area (Å²) in [6.45, 7) is 4.25. The molecule has 61 heavy (non-hydrogen) atoms. The molecular formula is C51H93N2O7P. The van der Waals surface area contributed by atoms with Crippen LogP contribution in [0.4, 0.5) is 0 Å². The van der Waals surface area contributed by atoms with Crippen molar-refractivity contribution in [3.05, 3.63) is 72.9 Å². The maximum absolute atomic E-state index is 12.9. The molecule has 0 aromatic rings. The molecule has 0 bridgehead atoms. The minimum absolute atomic E-state index is 0.0521. The van der Waals surface area contributed by atoms with E-state index in [2.05, 4.69) is 92.1 Å². The third kappa shape index (κ3) is 43.0. The molecule has 0 radical (unpaired) electrons. The average Bonchev–Trinajstić information content (AvgIpc) is 3.21. The van der Waals surface area contributed by atoms with Gasteiger partial charge in [-0.15, -0.1) is 0 Å². The number of quaternary nitrogens is 1. The van der Waals surface area contributed by atoms with Crippen LogP contribution >= 0.6 is 7.82 Å². The van der Waals surface area contributed by atoms with Crippen LogP contribution in [-0.4, -0.2) is 79.8 Å². The fraction of sp³-hybridized carbons (Fsp3) is 0.745. The molecule has 10 heteroatoms. The predicted octanol–water partition coefficient (Wildman–Crippen LogP) is 12.3. The minimum atomic E-state index is -4.68. The van der Waals surface area contributed by atoms with Crippen LogP contribution in [0, 0.1) is 0 Å². The van der Waals surface area contributed by atoms with Crippen LogP contribution in [0.1, 0.15) is 187 Å². The zero-order valence-corrected chi connectivity index (χ0v) is 40.6. The first-order chi connectivity index (χ1) is 29.4. The smallest absolute Gasteiger partial charge is 0.268 e. The average molecular weight is 877 g/mol. The normalized spacial score (nSPS) is 15.3. The number of hydrogen-bond donors (Lipinski definition) is 3. The van der Waals surface area contributed by atoms with E-state index in [1.54, 1.807) is 0 Å². The van der Waals surface area contributed by atoms with Gasteiger partial charge in [0.05, 0.1) is 39.9 Å². The lowest BCUT2D eigenvalue weighted by Gasteiger charge is -2.31. The number of carbonyl (C=O) groups excluding carboxylic acids is 1. The van der Waals surface area contributed by atoms with Crippen LogP contribution in [0.5, 0.6) is 0 Å².